The van der Waals surface area contributed by atoms with Gasteiger partial charge in [-0.15, -0.1) is 0 Å². The zero-order valence-electron chi connectivity index (χ0n) is 13.8. The lowest BCUT2D eigenvalue weighted by atomic mass is 10.1. The van der Waals surface area contributed by atoms with Crippen molar-refractivity contribution in [3.8, 4) is 0 Å². The van der Waals surface area contributed by atoms with Crippen LogP contribution in [0.25, 0.3) is 0 Å². The van der Waals surface area contributed by atoms with Crippen LogP contribution in [0.3, 0.4) is 0 Å². The van der Waals surface area contributed by atoms with Gasteiger partial charge in [0.15, 0.2) is 0 Å². The van der Waals surface area contributed by atoms with Crippen LogP contribution in [0.15, 0.2) is 48.5 Å². The van der Waals surface area contributed by atoms with E-state index in [0.717, 1.165) is 25.1 Å². The third-order valence-corrected chi connectivity index (χ3v) is 4.49. The minimum atomic E-state index is -4.40. The van der Waals surface area contributed by atoms with Crippen molar-refractivity contribution in [2.45, 2.75) is 25.6 Å². The first kappa shape index (κ1) is 17.3. The molecule has 1 aliphatic heterocycles. The van der Waals surface area contributed by atoms with Gasteiger partial charge in [0.2, 0.25) is 0 Å². The molecule has 132 valence electrons. The number of anilines is 1. The number of nitrogens with one attached hydrogen (secondary N) is 1. The van der Waals surface area contributed by atoms with E-state index in [1.165, 1.54) is 23.4 Å². The van der Waals surface area contributed by atoms with Gasteiger partial charge in [-0.05, 0) is 49.2 Å². The summed E-state index contributed by atoms with van der Waals surface area (Å²) in [6, 6.07) is 12.5. The second-order valence-corrected chi connectivity index (χ2v) is 6.21. The molecular weight excluding hydrogens is 329 g/mol. The van der Waals surface area contributed by atoms with Crippen molar-refractivity contribution in [1.29, 1.82) is 0 Å². The van der Waals surface area contributed by atoms with Gasteiger partial charge in [0, 0.05) is 30.4 Å². The first-order valence-electron chi connectivity index (χ1n) is 8.16. The zero-order chi connectivity index (χ0) is 18.0. The van der Waals surface area contributed by atoms with Gasteiger partial charge in [0.1, 0.15) is 0 Å². The fraction of sp³-hybridized carbons (Fsp3) is 0.316. The van der Waals surface area contributed by atoms with Crippen LogP contribution >= 0.6 is 0 Å². The summed E-state index contributed by atoms with van der Waals surface area (Å²) in [5.74, 6) is -0.368. The summed E-state index contributed by atoms with van der Waals surface area (Å²) in [4.78, 5) is 14.4. The van der Waals surface area contributed by atoms with Gasteiger partial charge in [-0.2, -0.15) is 13.2 Å². The number of carbonyl (C=O) groups is 1. The smallest absolute Gasteiger partial charge is 0.366 e. The van der Waals surface area contributed by atoms with E-state index >= 15 is 0 Å². The van der Waals surface area contributed by atoms with Gasteiger partial charge in [-0.3, -0.25) is 4.79 Å². The Hall–Kier alpha value is -2.50. The van der Waals surface area contributed by atoms with Crippen LogP contribution in [-0.2, 0) is 12.6 Å². The highest BCUT2D eigenvalue weighted by atomic mass is 19.4. The van der Waals surface area contributed by atoms with E-state index in [-0.39, 0.29) is 17.5 Å². The Morgan fingerprint density at radius 3 is 2.52 bits per heavy atom. The molecule has 0 radical (unpaired) electrons. The second-order valence-electron chi connectivity index (χ2n) is 6.21. The van der Waals surface area contributed by atoms with Crippen LogP contribution in [-0.4, -0.2) is 25.0 Å². The van der Waals surface area contributed by atoms with Crippen molar-refractivity contribution < 1.29 is 18.0 Å². The molecule has 0 aliphatic carbocycles. The summed E-state index contributed by atoms with van der Waals surface area (Å²) in [6.45, 7) is 3.35. The van der Waals surface area contributed by atoms with Gasteiger partial charge >= 0.3 is 6.18 Å². The lowest BCUT2D eigenvalue weighted by Gasteiger charge is -2.27. The summed E-state index contributed by atoms with van der Waals surface area (Å²) in [5.41, 5.74) is 1.94. The van der Waals surface area contributed by atoms with E-state index < -0.39 is 11.7 Å². The van der Waals surface area contributed by atoms with Gasteiger partial charge < -0.3 is 10.2 Å². The first-order valence-corrected chi connectivity index (χ1v) is 8.16. The molecular formula is C19H19F3N2O. The van der Waals surface area contributed by atoms with E-state index in [9.17, 15) is 18.0 Å². The quantitative estimate of drug-likeness (QED) is 0.909. The molecule has 3 nitrogen and oxygen atoms in total. The molecule has 0 saturated heterocycles. The van der Waals surface area contributed by atoms with Gasteiger partial charge in [0.25, 0.3) is 5.91 Å². The molecule has 3 rings (SSSR count). The standard InChI is InChI=1S/C19H19F3N2O/c1-13(24-11-10-14-4-2-3-5-17(14)24)12-23-18(25)15-6-8-16(9-7-15)19(20,21)22/h2-9,13H,10-12H2,1H3,(H,23,25). The monoisotopic (exact) mass is 348 g/mol. The highest BCUT2D eigenvalue weighted by Gasteiger charge is 2.30. The normalized spacial score (nSPS) is 15.0. The molecule has 0 saturated carbocycles. The molecule has 1 atom stereocenters. The van der Waals surface area contributed by atoms with Crippen LogP contribution in [0.4, 0.5) is 18.9 Å². The molecule has 0 fully saturated rings. The average molecular weight is 348 g/mol. The molecule has 2 aromatic rings. The van der Waals surface area contributed by atoms with Crippen molar-refractivity contribution in [2.75, 3.05) is 18.0 Å². The lowest BCUT2D eigenvalue weighted by Crippen LogP contribution is -2.41. The van der Waals surface area contributed by atoms with Crippen molar-refractivity contribution in [1.82, 2.24) is 5.32 Å². The summed E-state index contributed by atoms with van der Waals surface area (Å²) < 4.78 is 37.7. The number of amides is 1. The summed E-state index contributed by atoms with van der Waals surface area (Å²) in [7, 11) is 0. The lowest BCUT2D eigenvalue weighted by molar-refractivity contribution is -0.137. The maximum Gasteiger partial charge on any atom is 0.416 e. The zero-order valence-corrected chi connectivity index (χ0v) is 13.8. The van der Waals surface area contributed by atoms with Crippen LogP contribution in [0.1, 0.15) is 28.4 Å². The second kappa shape index (κ2) is 6.78. The molecule has 25 heavy (non-hydrogen) atoms. The maximum absolute atomic E-state index is 12.6. The summed E-state index contributed by atoms with van der Waals surface area (Å²) >= 11 is 0. The molecule has 2 aromatic carbocycles. The average Bonchev–Trinajstić information content (AvgIpc) is 3.03. The molecule has 1 N–H and O–H groups in total. The molecule has 0 aromatic heterocycles. The predicted octanol–water partition coefficient (Wildman–Crippen LogP) is 3.89. The van der Waals surface area contributed by atoms with Gasteiger partial charge in [0.05, 0.1) is 5.56 Å². The molecule has 0 bridgehead atoms. The number of benzene rings is 2. The van der Waals surface area contributed by atoms with E-state index in [0.29, 0.717) is 6.54 Å². The predicted molar refractivity (Wildman–Crippen MR) is 90.7 cm³/mol. The molecule has 1 amide bonds. The van der Waals surface area contributed by atoms with Crippen LogP contribution in [0.2, 0.25) is 0 Å². The van der Waals surface area contributed by atoms with Crippen molar-refractivity contribution in [2.24, 2.45) is 0 Å². The Bertz CT molecular complexity index is 756. The Kier molecular flexibility index (Phi) is 4.70. The molecule has 6 heteroatoms. The van der Waals surface area contributed by atoms with Crippen LogP contribution < -0.4 is 10.2 Å². The number of hydrogen-bond acceptors (Lipinski definition) is 2. The summed E-state index contributed by atoms with van der Waals surface area (Å²) in [5, 5.41) is 2.80. The largest absolute Gasteiger partial charge is 0.416 e. The van der Waals surface area contributed by atoms with Crippen molar-refractivity contribution in [3.63, 3.8) is 0 Å². The van der Waals surface area contributed by atoms with E-state index in [4.69, 9.17) is 0 Å². The Balaban J connectivity index is 1.59. The number of hydrogen-bond donors (Lipinski definition) is 1. The van der Waals surface area contributed by atoms with E-state index in [2.05, 4.69) is 22.3 Å². The molecule has 1 unspecified atom stereocenters. The number of nitrogens with zero attached hydrogens (tertiary/aromatic N) is 1. The van der Waals surface area contributed by atoms with Gasteiger partial charge in [-0.25, -0.2) is 0 Å². The third kappa shape index (κ3) is 3.78. The maximum atomic E-state index is 12.6. The SMILES string of the molecule is CC(CNC(=O)c1ccc(C(F)(F)F)cc1)N1CCc2ccccc21. The number of rotatable bonds is 4. The van der Waals surface area contributed by atoms with Crippen LogP contribution in [0, 0.1) is 0 Å². The Labute approximate surface area is 144 Å². The number of carbonyl (C=O) groups excluding carboxylic acids is 1. The number of fused-ring (bicyclic) bond motifs is 1. The van der Waals surface area contributed by atoms with E-state index in [1.54, 1.807) is 0 Å². The number of para-hydroxylation sites is 1. The Morgan fingerprint density at radius 2 is 1.84 bits per heavy atom. The highest BCUT2D eigenvalue weighted by Crippen LogP contribution is 2.30. The van der Waals surface area contributed by atoms with Crippen molar-refractivity contribution in [3.05, 3.63) is 65.2 Å². The third-order valence-electron chi connectivity index (χ3n) is 4.49. The van der Waals surface area contributed by atoms with Crippen LogP contribution in [0.5, 0.6) is 0 Å². The van der Waals surface area contributed by atoms with Crippen molar-refractivity contribution >= 4 is 11.6 Å². The fourth-order valence-electron chi connectivity index (χ4n) is 3.08. The molecule has 0 spiro atoms. The minimum absolute atomic E-state index is 0.0991. The molecule has 1 aliphatic rings. The first-order chi connectivity index (χ1) is 11.9. The highest BCUT2D eigenvalue weighted by molar-refractivity contribution is 5.94. The molecule has 1 heterocycles. The number of alkyl halides is 3. The summed E-state index contributed by atoms with van der Waals surface area (Å²) in [6.07, 6.45) is -3.42. The Morgan fingerprint density at radius 1 is 1.16 bits per heavy atom. The number of halogens is 3. The van der Waals surface area contributed by atoms with E-state index in [1.807, 2.05) is 19.1 Å². The van der Waals surface area contributed by atoms with Gasteiger partial charge in [-0.1, -0.05) is 18.2 Å². The minimum Gasteiger partial charge on any atom is -0.366 e. The topological polar surface area (TPSA) is 32.3 Å². The fourth-order valence-corrected chi connectivity index (χ4v) is 3.08.